The number of benzene rings is 2. The predicted molar refractivity (Wildman–Crippen MR) is 102 cm³/mol. The van der Waals surface area contributed by atoms with Crippen LogP contribution >= 0.6 is 0 Å². The lowest BCUT2D eigenvalue weighted by atomic mass is 10.1. The highest BCUT2D eigenvalue weighted by Crippen LogP contribution is 2.25. The third-order valence-corrected chi connectivity index (χ3v) is 4.49. The summed E-state index contributed by atoms with van der Waals surface area (Å²) in [6, 6.07) is 15.1. The molecule has 4 rings (SSSR count). The molecule has 2 aromatic heterocycles. The molecule has 136 valence electrons. The van der Waals surface area contributed by atoms with Gasteiger partial charge in [-0.15, -0.1) is 0 Å². The maximum absolute atomic E-state index is 12.2. The van der Waals surface area contributed by atoms with Crippen LogP contribution in [0.1, 0.15) is 23.4 Å². The van der Waals surface area contributed by atoms with Gasteiger partial charge in [0.15, 0.2) is 5.58 Å². The number of carbonyl (C=O) groups excluding carboxylic acids is 1. The fraction of sp³-hybridized carbons (Fsp3) is 0.190. The molecule has 4 aromatic rings. The standard InChI is InChI=1S/C21H19N3O3/c1-13-17(14(2)27-24-13)11-12-20(25)22-16-9-7-15(8-10-16)21-23-18-5-3-4-6-19(18)26-21/h3-10H,11-12H2,1-2H3,(H,22,25). The molecule has 0 aliphatic carbocycles. The largest absolute Gasteiger partial charge is 0.436 e. The second-order valence-electron chi connectivity index (χ2n) is 6.41. The third kappa shape index (κ3) is 3.60. The van der Waals surface area contributed by atoms with Gasteiger partial charge in [-0.3, -0.25) is 4.79 Å². The number of aryl methyl sites for hydroxylation is 2. The van der Waals surface area contributed by atoms with Crippen molar-refractivity contribution >= 4 is 22.7 Å². The molecule has 0 aliphatic heterocycles. The first-order valence-corrected chi connectivity index (χ1v) is 8.78. The van der Waals surface area contributed by atoms with Gasteiger partial charge < -0.3 is 14.3 Å². The van der Waals surface area contributed by atoms with Gasteiger partial charge >= 0.3 is 0 Å². The molecule has 0 aliphatic rings. The molecule has 1 N–H and O–H groups in total. The number of hydrogen-bond acceptors (Lipinski definition) is 5. The molecule has 0 fully saturated rings. The lowest BCUT2D eigenvalue weighted by molar-refractivity contribution is -0.116. The van der Waals surface area contributed by atoms with Gasteiger partial charge in [0, 0.05) is 23.2 Å². The Morgan fingerprint density at radius 2 is 1.85 bits per heavy atom. The smallest absolute Gasteiger partial charge is 0.227 e. The van der Waals surface area contributed by atoms with E-state index >= 15 is 0 Å². The highest BCUT2D eigenvalue weighted by atomic mass is 16.5. The van der Waals surface area contributed by atoms with Crippen LogP contribution in [-0.4, -0.2) is 16.0 Å². The number of carbonyl (C=O) groups is 1. The van der Waals surface area contributed by atoms with Crippen LogP contribution in [0.3, 0.4) is 0 Å². The monoisotopic (exact) mass is 361 g/mol. The van der Waals surface area contributed by atoms with Crippen LogP contribution < -0.4 is 5.32 Å². The van der Waals surface area contributed by atoms with E-state index in [2.05, 4.69) is 15.5 Å². The second kappa shape index (κ2) is 7.07. The van der Waals surface area contributed by atoms with Gasteiger partial charge in [0.2, 0.25) is 11.8 Å². The molecule has 2 heterocycles. The summed E-state index contributed by atoms with van der Waals surface area (Å²) in [4.78, 5) is 16.7. The quantitative estimate of drug-likeness (QED) is 0.558. The highest BCUT2D eigenvalue weighted by Gasteiger charge is 2.12. The fourth-order valence-electron chi connectivity index (χ4n) is 3.01. The zero-order chi connectivity index (χ0) is 18.8. The summed E-state index contributed by atoms with van der Waals surface area (Å²) in [7, 11) is 0. The minimum atomic E-state index is -0.0513. The Morgan fingerprint density at radius 3 is 2.56 bits per heavy atom. The van der Waals surface area contributed by atoms with E-state index < -0.39 is 0 Å². The molecule has 0 saturated heterocycles. The fourth-order valence-corrected chi connectivity index (χ4v) is 3.01. The first kappa shape index (κ1) is 17.0. The van der Waals surface area contributed by atoms with Crippen molar-refractivity contribution in [3.05, 3.63) is 65.5 Å². The Kier molecular flexibility index (Phi) is 4.46. The molecule has 0 saturated carbocycles. The minimum Gasteiger partial charge on any atom is -0.436 e. The molecule has 27 heavy (non-hydrogen) atoms. The number of aromatic nitrogens is 2. The number of fused-ring (bicyclic) bond motifs is 1. The summed E-state index contributed by atoms with van der Waals surface area (Å²) >= 11 is 0. The predicted octanol–water partition coefficient (Wildman–Crippen LogP) is 4.67. The molecule has 0 atom stereocenters. The van der Waals surface area contributed by atoms with Crippen LogP contribution in [-0.2, 0) is 11.2 Å². The normalized spacial score (nSPS) is 11.0. The third-order valence-electron chi connectivity index (χ3n) is 4.49. The number of para-hydroxylation sites is 2. The average Bonchev–Trinajstić information content (AvgIpc) is 3.24. The van der Waals surface area contributed by atoms with E-state index in [0.717, 1.165) is 39.4 Å². The van der Waals surface area contributed by atoms with Crippen LogP contribution in [0, 0.1) is 13.8 Å². The summed E-state index contributed by atoms with van der Waals surface area (Å²) in [5.74, 6) is 1.28. The molecular formula is C21H19N3O3. The van der Waals surface area contributed by atoms with Gasteiger partial charge in [-0.05, 0) is 56.7 Å². The topological polar surface area (TPSA) is 81.2 Å². The number of rotatable bonds is 5. The summed E-state index contributed by atoms with van der Waals surface area (Å²) in [5, 5.41) is 6.82. The van der Waals surface area contributed by atoms with Crippen molar-refractivity contribution < 1.29 is 13.7 Å². The number of oxazole rings is 1. The van der Waals surface area contributed by atoms with E-state index in [4.69, 9.17) is 8.94 Å². The van der Waals surface area contributed by atoms with Crippen molar-refractivity contribution in [1.29, 1.82) is 0 Å². The summed E-state index contributed by atoms with van der Waals surface area (Å²) in [6.07, 6.45) is 0.976. The van der Waals surface area contributed by atoms with Crippen molar-refractivity contribution in [1.82, 2.24) is 10.1 Å². The van der Waals surface area contributed by atoms with Crippen molar-refractivity contribution in [2.75, 3.05) is 5.32 Å². The van der Waals surface area contributed by atoms with E-state index in [1.165, 1.54) is 0 Å². The van der Waals surface area contributed by atoms with Crippen molar-refractivity contribution in [3.8, 4) is 11.5 Å². The van der Waals surface area contributed by atoms with Crippen molar-refractivity contribution in [2.45, 2.75) is 26.7 Å². The van der Waals surface area contributed by atoms with Gasteiger partial charge in [-0.1, -0.05) is 17.3 Å². The Balaban J connectivity index is 1.40. The maximum Gasteiger partial charge on any atom is 0.227 e. The zero-order valence-electron chi connectivity index (χ0n) is 15.2. The van der Waals surface area contributed by atoms with Crippen LogP contribution in [0.4, 0.5) is 5.69 Å². The van der Waals surface area contributed by atoms with E-state index in [0.29, 0.717) is 18.7 Å². The first-order valence-electron chi connectivity index (χ1n) is 8.78. The molecule has 2 aromatic carbocycles. The molecule has 6 heteroatoms. The SMILES string of the molecule is Cc1noc(C)c1CCC(=O)Nc1ccc(-c2nc3ccccc3o2)cc1. The Morgan fingerprint density at radius 1 is 1.07 bits per heavy atom. The van der Waals surface area contributed by atoms with Gasteiger partial charge in [-0.25, -0.2) is 4.98 Å². The lowest BCUT2D eigenvalue weighted by Gasteiger charge is -2.06. The highest BCUT2D eigenvalue weighted by molar-refractivity contribution is 5.91. The maximum atomic E-state index is 12.2. The van der Waals surface area contributed by atoms with E-state index in [-0.39, 0.29) is 5.91 Å². The van der Waals surface area contributed by atoms with Gasteiger partial charge in [0.05, 0.1) is 5.69 Å². The van der Waals surface area contributed by atoms with Gasteiger partial charge in [0.25, 0.3) is 0 Å². The molecule has 0 spiro atoms. The van der Waals surface area contributed by atoms with Crippen LogP contribution in [0.25, 0.3) is 22.6 Å². The second-order valence-corrected chi connectivity index (χ2v) is 6.41. The number of anilines is 1. The minimum absolute atomic E-state index is 0.0513. The number of hydrogen-bond donors (Lipinski definition) is 1. The number of nitrogens with one attached hydrogen (secondary N) is 1. The number of amides is 1. The lowest BCUT2D eigenvalue weighted by Crippen LogP contribution is -2.12. The summed E-state index contributed by atoms with van der Waals surface area (Å²) in [5.41, 5.74) is 5.01. The molecule has 0 bridgehead atoms. The summed E-state index contributed by atoms with van der Waals surface area (Å²) in [6.45, 7) is 3.74. The van der Waals surface area contributed by atoms with Crippen molar-refractivity contribution in [3.63, 3.8) is 0 Å². The van der Waals surface area contributed by atoms with Gasteiger partial charge in [-0.2, -0.15) is 0 Å². The van der Waals surface area contributed by atoms with Crippen LogP contribution in [0.2, 0.25) is 0 Å². The Hall–Kier alpha value is -3.41. The Labute approximate surface area is 156 Å². The average molecular weight is 361 g/mol. The van der Waals surface area contributed by atoms with Crippen LogP contribution in [0.5, 0.6) is 0 Å². The van der Waals surface area contributed by atoms with Gasteiger partial charge in [0.1, 0.15) is 11.3 Å². The van der Waals surface area contributed by atoms with E-state index in [1.807, 2.05) is 62.4 Å². The molecule has 1 amide bonds. The first-order chi connectivity index (χ1) is 13.1. The Bertz CT molecular complexity index is 1040. The molecule has 0 radical (unpaired) electrons. The molecule has 0 unspecified atom stereocenters. The summed E-state index contributed by atoms with van der Waals surface area (Å²) < 4.78 is 10.9. The zero-order valence-corrected chi connectivity index (χ0v) is 15.2. The van der Waals surface area contributed by atoms with E-state index in [9.17, 15) is 4.79 Å². The van der Waals surface area contributed by atoms with Crippen LogP contribution in [0.15, 0.2) is 57.5 Å². The molecular weight excluding hydrogens is 342 g/mol. The molecule has 6 nitrogen and oxygen atoms in total. The number of nitrogens with zero attached hydrogens (tertiary/aromatic N) is 2. The van der Waals surface area contributed by atoms with E-state index in [1.54, 1.807) is 0 Å². The van der Waals surface area contributed by atoms with Crippen molar-refractivity contribution in [2.24, 2.45) is 0 Å².